The van der Waals surface area contributed by atoms with Gasteiger partial charge in [-0.1, -0.05) is 24.3 Å². The van der Waals surface area contributed by atoms with Crippen LogP contribution < -0.4 is 10.1 Å². The molecule has 0 aliphatic carbocycles. The summed E-state index contributed by atoms with van der Waals surface area (Å²) in [6.45, 7) is 3.62. The van der Waals surface area contributed by atoms with E-state index in [4.69, 9.17) is 9.47 Å². The maximum Gasteiger partial charge on any atom is 0.345 e. The molecule has 0 heterocycles. The molecule has 1 N–H and O–H groups in total. The molecule has 0 aliphatic rings. The van der Waals surface area contributed by atoms with E-state index in [0.717, 1.165) is 0 Å². The molecule has 0 saturated carbocycles. The van der Waals surface area contributed by atoms with Crippen molar-refractivity contribution in [3.05, 3.63) is 64.2 Å². The number of ether oxygens (including phenoxy) is 2. The van der Waals surface area contributed by atoms with Crippen LogP contribution in [-0.4, -0.2) is 29.5 Å². The van der Waals surface area contributed by atoms with Gasteiger partial charge in [0.05, 0.1) is 17.2 Å². The van der Waals surface area contributed by atoms with Gasteiger partial charge in [-0.15, -0.1) is 0 Å². The molecule has 0 spiro atoms. The Balaban J connectivity index is 2.08. The molecule has 0 aromatic heterocycles. The third-order valence-corrected chi connectivity index (χ3v) is 3.42. The Morgan fingerprint density at radius 2 is 1.81 bits per heavy atom. The first-order valence-electron chi connectivity index (χ1n) is 7.91. The van der Waals surface area contributed by atoms with E-state index in [1.54, 1.807) is 24.3 Å². The minimum absolute atomic E-state index is 0.216. The molecule has 26 heavy (non-hydrogen) atoms. The van der Waals surface area contributed by atoms with Gasteiger partial charge in [0.25, 0.3) is 11.6 Å². The van der Waals surface area contributed by atoms with Gasteiger partial charge >= 0.3 is 5.97 Å². The van der Waals surface area contributed by atoms with Gasteiger partial charge in [0.2, 0.25) is 0 Å². The summed E-state index contributed by atoms with van der Waals surface area (Å²) >= 11 is 0. The SMILES string of the molecule is CCOc1ccccc1NC(=O)C(C)OC(=O)c1ccccc1[N+](=O)[O-]. The quantitative estimate of drug-likeness (QED) is 0.463. The van der Waals surface area contributed by atoms with Gasteiger partial charge < -0.3 is 14.8 Å². The number of esters is 1. The molecular weight excluding hydrogens is 340 g/mol. The summed E-state index contributed by atoms with van der Waals surface area (Å²) in [7, 11) is 0. The zero-order valence-electron chi connectivity index (χ0n) is 14.3. The molecule has 1 amide bonds. The lowest BCUT2D eigenvalue weighted by Crippen LogP contribution is -2.30. The van der Waals surface area contributed by atoms with Crippen LogP contribution in [0.25, 0.3) is 0 Å². The minimum atomic E-state index is -1.16. The Hall–Kier alpha value is -3.42. The Kier molecular flexibility index (Phi) is 6.26. The third-order valence-electron chi connectivity index (χ3n) is 3.42. The van der Waals surface area contributed by atoms with Crippen LogP contribution in [0, 0.1) is 10.1 Å². The van der Waals surface area contributed by atoms with E-state index in [1.165, 1.54) is 31.2 Å². The van der Waals surface area contributed by atoms with Crippen LogP contribution in [0.15, 0.2) is 48.5 Å². The van der Waals surface area contributed by atoms with Gasteiger partial charge in [0.15, 0.2) is 6.10 Å². The van der Waals surface area contributed by atoms with Crippen molar-refractivity contribution >= 4 is 23.3 Å². The molecule has 0 radical (unpaired) electrons. The summed E-state index contributed by atoms with van der Waals surface area (Å²) in [6.07, 6.45) is -1.16. The number of hydrogen-bond donors (Lipinski definition) is 1. The maximum absolute atomic E-state index is 12.3. The number of nitro groups is 1. The standard InChI is InChI=1S/C18H18N2O6/c1-3-25-16-11-7-5-9-14(16)19-17(21)12(2)26-18(22)13-8-4-6-10-15(13)20(23)24/h4-12H,3H2,1-2H3,(H,19,21). The molecule has 1 atom stereocenters. The smallest absolute Gasteiger partial charge is 0.345 e. The summed E-state index contributed by atoms with van der Waals surface area (Å²) < 4.78 is 10.5. The Bertz CT molecular complexity index is 821. The van der Waals surface area contributed by atoms with Crippen molar-refractivity contribution in [2.75, 3.05) is 11.9 Å². The summed E-state index contributed by atoms with van der Waals surface area (Å²) in [5.74, 6) is -1.04. The van der Waals surface area contributed by atoms with Crippen molar-refractivity contribution in [2.45, 2.75) is 20.0 Å². The number of nitro benzene ring substituents is 1. The predicted octanol–water partition coefficient (Wildman–Crippen LogP) is 3.18. The number of carbonyl (C=O) groups excluding carboxylic acids is 2. The number of hydrogen-bond acceptors (Lipinski definition) is 6. The predicted molar refractivity (Wildman–Crippen MR) is 94.2 cm³/mol. The molecule has 1 unspecified atom stereocenters. The molecule has 2 rings (SSSR count). The van der Waals surface area contributed by atoms with Gasteiger partial charge in [-0.05, 0) is 32.0 Å². The molecule has 0 bridgehead atoms. The molecule has 2 aromatic carbocycles. The minimum Gasteiger partial charge on any atom is -0.492 e. The van der Waals surface area contributed by atoms with Crippen molar-refractivity contribution in [1.82, 2.24) is 0 Å². The molecule has 8 nitrogen and oxygen atoms in total. The lowest BCUT2D eigenvalue weighted by atomic mass is 10.2. The second-order valence-corrected chi connectivity index (χ2v) is 5.24. The fraction of sp³-hybridized carbons (Fsp3) is 0.222. The first-order chi connectivity index (χ1) is 12.4. The van der Waals surface area contributed by atoms with E-state index in [-0.39, 0.29) is 11.3 Å². The van der Waals surface area contributed by atoms with Gasteiger partial charge in [-0.3, -0.25) is 14.9 Å². The number of nitrogens with one attached hydrogen (secondary N) is 1. The number of nitrogens with zero attached hydrogens (tertiary/aromatic N) is 1. The zero-order chi connectivity index (χ0) is 19.1. The summed E-state index contributed by atoms with van der Waals surface area (Å²) in [5, 5.41) is 13.6. The molecule has 8 heteroatoms. The second-order valence-electron chi connectivity index (χ2n) is 5.24. The maximum atomic E-state index is 12.3. The molecular formula is C18H18N2O6. The molecule has 0 aliphatic heterocycles. The van der Waals surface area contributed by atoms with Crippen molar-refractivity contribution in [2.24, 2.45) is 0 Å². The summed E-state index contributed by atoms with van der Waals surface area (Å²) in [4.78, 5) is 34.8. The van der Waals surface area contributed by atoms with Crippen LogP contribution in [0.2, 0.25) is 0 Å². The number of benzene rings is 2. The second kappa shape index (κ2) is 8.61. The largest absolute Gasteiger partial charge is 0.492 e. The number of amides is 1. The monoisotopic (exact) mass is 358 g/mol. The molecule has 0 saturated heterocycles. The van der Waals surface area contributed by atoms with Crippen LogP contribution in [0.3, 0.4) is 0 Å². The molecule has 0 fully saturated rings. The molecule has 2 aromatic rings. The average Bonchev–Trinajstić information content (AvgIpc) is 2.63. The Morgan fingerprint density at radius 1 is 1.15 bits per heavy atom. The van der Waals surface area contributed by atoms with E-state index in [9.17, 15) is 19.7 Å². The topological polar surface area (TPSA) is 108 Å². The van der Waals surface area contributed by atoms with E-state index in [0.29, 0.717) is 18.0 Å². The average molecular weight is 358 g/mol. The Labute approximate surface area is 149 Å². The normalized spacial score (nSPS) is 11.3. The van der Waals surface area contributed by atoms with E-state index in [2.05, 4.69) is 5.32 Å². The third kappa shape index (κ3) is 4.56. The first-order valence-corrected chi connectivity index (χ1v) is 7.91. The van der Waals surface area contributed by atoms with Gasteiger partial charge in [-0.25, -0.2) is 4.79 Å². The van der Waals surface area contributed by atoms with E-state index in [1.807, 2.05) is 6.92 Å². The fourth-order valence-corrected chi connectivity index (χ4v) is 2.17. The highest BCUT2D eigenvalue weighted by Gasteiger charge is 2.25. The first kappa shape index (κ1) is 18.9. The highest BCUT2D eigenvalue weighted by molar-refractivity contribution is 5.99. The van der Waals surface area contributed by atoms with Gasteiger partial charge in [0, 0.05) is 6.07 Å². The van der Waals surface area contributed by atoms with E-state index < -0.39 is 22.9 Å². The van der Waals surface area contributed by atoms with Crippen LogP contribution in [0.4, 0.5) is 11.4 Å². The van der Waals surface area contributed by atoms with Crippen molar-refractivity contribution in [1.29, 1.82) is 0 Å². The number of anilines is 1. The lowest BCUT2D eigenvalue weighted by molar-refractivity contribution is -0.385. The lowest BCUT2D eigenvalue weighted by Gasteiger charge is -2.15. The fourth-order valence-electron chi connectivity index (χ4n) is 2.17. The van der Waals surface area contributed by atoms with Crippen LogP contribution in [0.1, 0.15) is 24.2 Å². The summed E-state index contributed by atoms with van der Waals surface area (Å²) in [6, 6.07) is 12.2. The Morgan fingerprint density at radius 3 is 2.50 bits per heavy atom. The highest BCUT2D eigenvalue weighted by Crippen LogP contribution is 2.24. The number of rotatable bonds is 7. The van der Waals surface area contributed by atoms with Crippen LogP contribution in [0.5, 0.6) is 5.75 Å². The van der Waals surface area contributed by atoms with Gasteiger partial charge in [-0.2, -0.15) is 0 Å². The van der Waals surface area contributed by atoms with Crippen molar-refractivity contribution in [3.8, 4) is 5.75 Å². The number of para-hydroxylation sites is 3. The van der Waals surface area contributed by atoms with Gasteiger partial charge in [0.1, 0.15) is 11.3 Å². The van der Waals surface area contributed by atoms with E-state index >= 15 is 0 Å². The number of carbonyl (C=O) groups is 2. The highest BCUT2D eigenvalue weighted by atomic mass is 16.6. The molecule has 136 valence electrons. The summed E-state index contributed by atoms with van der Waals surface area (Å²) in [5.41, 5.74) is -0.161. The van der Waals surface area contributed by atoms with Crippen LogP contribution in [-0.2, 0) is 9.53 Å². The van der Waals surface area contributed by atoms with Crippen molar-refractivity contribution < 1.29 is 24.0 Å². The van der Waals surface area contributed by atoms with Crippen LogP contribution >= 0.6 is 0 Å². The zero-order valence-corrected chi connectivity index (χ0v) is 14.3. The van der Waals surface area contributed by atoms with Crippen molar-refractivity contribution in [3.63, 3.8) is 0 Å².